The van der Waals surface area contributed by atoms with Crippen LogP contribution >= 0.6 is 0 Å². The standard InChI is InChI=1S/C17H28N2O/c1-4-8-18-12-16-6-7-17(14(2)11-16)19-9-5-10-20-15(3)13-19/h6-7,11,15,18H,4-5,8-10,12-13H2,1-3H3. The van der Waals surface area contributed by atoms with E-state index in [0.29, 0.717) is 6.10 Å². The summed E-state index contributed by atoms with van der Waals surface area (Å²) in [6, 6.07) is 6.84. The summed E-state index contributed by atoms with van der Waals surface area (Å²) in [7, 11) is 0. The Kier molecular flexibility index (Phi) is 5.86. The smallest absolute Gasteiger partial charge is 0.0721 e. The largest absolute Gasteiger partial charge is 0.377 e. The lowest BCUT2D eigenvalue weighted by Crippen LogP contribution is -2.30. The van der Waals surface area contributed by atoms with Crippen LogP contribution in [0.2, 0.25) is 0 Å². The molecular formula is C17H28N2O. The van der Waals surface area contributed by atoms with Crippen LogP contribution in [-0.2, 0) is 11.3 Å². The molecular weight excluding hydrogens is 248 g/mol. The third kappa shape index (κ3) is 4.22. The second-order valence-corrected chi connectivity index (χ2v) is 5.78. The maximum absolute atomic E-state index is 5.73. The summed E-state index contributed by atoms with van der Waals surface area (Å²) in [6.07, 6.45) is 2.62. The van der Waals surface area contributed by atoms with Gasteiger partial charge in [-0.1, -0.05) is 19.1 Å². The molecule has 1 aliphatic heterocycles. The van der Waals surface area contributed by atoms with Crippen LogP contribution in [0.5, 0.6) is 0 Å². The number of nitrogens with zero attached hydrogens (tertiary/aromatic N) is 1. The average molecular weight is 276 g/mol. The third-order valence-corrected chi connectivity index (χ3v) is 3.81. The molecule has 20 heavy (non-hydrogen) atoms. The molecule has 3 nitrogen and oxygen atoms in total. The van der Waals surface area contributed by atoms with Gasteiger partial charge in [0.25, 0.3) is 0 Å². The molecule has 0 radical (unpaired) electrons. The van der Waals surface area contributed by atoms with Crippen LogP contribution in [0.25, 0.3) is 0 Å². The van der Waals surface area contributed by atoms with Gasteiger partial charge in [-0.3, -0.25) is 0 Å². The van der Waals surface area contributed by atoms with Gasteiger partial charge in [0.05, 0.1) is 6.10 Å². The summed E-state index contributed by atoms with van der Waals surface area (Å²) >= 11 is 0. The van der Waals surface area contributed by atoms with E-state index in [4.69, 9.17) is 4.74 Å². The molecule has 1 heterocycles. The van der Waals surface area contributed by atoms with E-state index in [1.54, 1.807) is 0 Å². The second kappa shape index (κ2) is 7.65. The van der Waals surface area contributed by atoms with Gasteiger partial charge in [-0.15, -0.1) is 0 Å². The van der Waals surface area contributed by atoms with E-state index < -0.39 is 0 Å². The Morgan fingerprint density at radius 2 is 2.25 bits per heavy atom. The van der Waals surface area contributed by atoms with E-state index in [9.17, 15) is 0 Å². The second-order valence-electron chi connectivity index (χ2n) is 5.78. The van der Waals surface area contributed by atoms with Gasteiger partial charge in [0.1, 0.15) is 0 Å². The van der Waals surface area contributed by atoms with Crippen molar-refractivity contribution in [1.82, 2.24) is 5.32 Å². The average Bonchev–Trinajstić information content (AvgIpc) is 2.64. The zero-order chi connectivity index (χ0) is 14.4. The zero-order valence-corrected chi connectivity index (χ0v) is 13.1. The van der Waals surface area contributed by atoms with Gasteiger partial charge in [-0.25, -0.2) is 0 Å². The highest BCUT2D eigenvalue weighted by atomic mass is 16.5. The quantitative estimate of drug-likeness (QED) is 0.836. The Hall–Kier alpha value is -1.06. The number of benzene rings is 1. The number of aryl methyl sites for hydroxylation is 1. The molecule has 1 aliphatic rings. The van der Waals surface area contributed by atoms with Crippen molar-refractivity contribution in [3.05, 3.63) is 29.3 Å². The number of ether oxygens (including phenoxy) is 1. The Balaban J connectivity index is 2.04. The first-order valence-corrected chi connectivity index (χ1v) is 7.87. The number of hydrogen-bond acceptors (Lipinski definition) is 3. The summed E-state index contributed by atoms with van der Waals surface area (Å²) in [5.41, 5.74) is 4.11. The van der Waals surface area contributed by atoms with Crippen molar-refractivity contribution in [3.8, 4) is 0 Å². The lowest BCUT2D eigenvalue weighted by atomic mass is 10.1. The molecule has 3 heteroatoms. The van der Waals surface area contributed by atoms with Crippen molar-refractivity contribution in [2.45, 2.75) is 46.3 Å². The molecule has 1 saturated heterocycles. The van der Waals surface area contributed by atoms with Crippen molar-refractivity contribution in [3.63, 3.8) is 0 Å². The molecule has 0 aromatic heterocycles. The van der Waals surface area contributed by atoms with Gasteiger partial charge < -0.3 is 15.0 Å². The van der Waals surface area contributed by atoms with Gasteiger partial charge >= 0.3 is 0 Å². The molecule has 1 unspecified atom stereocenters. The molecule has 1 fully saturated rings. The minimum Gasteiger partial charge on any atom is -0.377 e. The van der Waals surface area contributed by atoms with E-state index in [1.807, 2.05) is 0 Å². The summed E-state index contributed by atoms with van der Waals surface area (Å²) in [6.45, 7) is 11.6. The third-order valence-electron chi connectivity index (χ3n) is 3.81. The SMILES string of the molecule is CCCNCc1ccc(N2CCCOC(C)C2)c(C)c1. The molecule has 1 aromatic carbocycles. The molecule has 1 atom stereocenters. The summed E-state index contributed by atoms with van der Waals surface area (Å²) in [4.78, 5) is 2.47. The summed E-state index contributed by atoms with van der Waals surface area (Å²) in [5, 5.41) is 3.46. The highest BCUT2D eigenvalue weighted by molar-refractivity contribution is 5.54. The van der Waals surface area contributed by atoms with Crippen molar-refractivity contribution in [1.29, 1.82) is 0 Å². The van der Waals surface area contributed by atoms with E-state index in [-0.39, 0.29) is 0 Å². The van der Waals surface area contributed by atoms with Crippen LogP contribution in [-0.4, -0.2) is 32.3 Å². The predicted molar refractivity (Wildman–Crippen MR) is 85.4 cm³/mol. The maximum atomic E-state index is 5.73. The maximum Gasteiger partial charge on any atom is 0.0721 e. The fourth-order valence-corrected chi connectivity index (χ4v) is 2.80. The van der Waals surface area contributed by atoms with Crippen LogP contribution in [0, 0.1) is 6.92 Å². The molecule has 0 saturated carbocycles. The minimum atomic E-state index is 0.322. The molecule has 1 N–H and O–H groups in total. The highest BCUT2D eigenvalue weighted by Crippen LogP contribution is 2.23. The predicted octanol–water partition coefficient (Wildman–Crippen LogP) is 3.11. The number of nitrogens with one attached hydrogen (secondary N) is 1. The first kappa shape index (κ1) is 15.3. The first-order chi connectivity index (χ1) is 9.70. The van der Waals surface area contributed by atoms with Gasteiger partial charge in [-0.05, 0) is 50.4 Å². The Bertz CT molecular complexity index is 419. The van der Waals surface area contributed by atoms with Crippen molar-refractivity contribution in [2.24, 2.45) is 0 Å². The summed E-state index contributed by atoms with van der Waals surface area (Å²) < 4.78 is 5.73. The monoisotopic (exact) mass is 276 g/mol. The zero-order valence-electron chi connectivity index (χ0n) is 13.1. The molecule has 0 bridgehead atoms. The molecule has 0 spiro atoms. The topological polar surface area (TPSA) is 24.5 Å². The fourth-order valence-electron chi connectivity index (χ4n) is 2.80. The first-order valence-electron chi connectivity index (χ1n) is 7.87. The summed E-state index contributed by atoms with van der Waals surface area (Å²) in [5.74, 6) is 0. The molecule has 1 aromatic rings. The lowest BCUT2D eigenvalue weighted by molar-refractivity contribution is 0.0821. The Morgan fingerprint density at radius 3 is 3.00 bits per heavy atom. The van der Waals surface area contributed by atoms with Gasteiger partial charge in [0.2, 0.25) is 0 Å². The van der Waals surface area contributed by atoms with E-state index in [2.05, 4.69) is 49.2 Å². The van der Waals surface area contributed by atoms with Gasteiger partial charge in [-0.2, -0.15) is 0 Å². The van der Waals surface area contributed by atoms with Crippen LogP contribution in [0.3, 0.4) is 0 Å². The Labute approximate surface area is 123 Å². The van der Waals surface area contributed by atoms with E-state index in [0.717, 1.165) is 39.2 Å². The molecule has 0 amide bonds. The number of hydrogen-bond donors (Lipinski definition) is 1. The molecule has 2 rings (SSSR count). The number of anilines is 1. The van der Waals surface area contributed by atoms with Crippen molar-refractivity contribution < 1.29 is 4.74 Å². The van der Waals surface area contributed by atoms with Crippen LogP contribution < -0.4 is 10.2 Å². The van der Waals surface area contributed by atoms with E-state index >= 15 is 0 Å². The number of rotatable bonds is 5. The normalized spacial score (nSPS) is 19.9. The van der Waals surface area contributed by atoms with Gasteiger partial charge in [0.15, 0.2) is 0 Å². The molecule has 0 aliphatic carbocycles. The van der Waals surface area contributed by atoms with Crippen LogP contribution in [0.15, 0.2) is 18.2 Å². The van der Waals surface area contributed by atoms with Crippen molar-refractivity contribution >= 4 is 5.69 Å². The minimum absolute atomic E-state index is 0.322. The van der Waals surface area contributed by atoms with Crippen LogP contribution in [0.1, 0.15) is 37.8 Å². The van der Waals surface area contributed by atoms with E-state index in [1.165, 1.54) is 23.2 Å². The highest BCUT2D eigenvalue weighted by Gasteiger charge is 2.16. The van der Waals surface area contributed by atoms with Crippen LogP contribution in [0.4, 0.5) is 5.69 Å². The fraction of sp³-hybridized carbons (Fsp3) is 0.647. The Morgan fingerprint density at radius 1 is 1.40 bits per heavy atom. The molecule has 112 valence electrons. The lowest BCUT2D eigenvalue weighted by Gasteiger charge is -2.26. The van der Waals surface area contributed by atoms with Crippen molar-refractivity contribution in [2.75, 3.05) is 31.1 Å². The van der Waals surface area contributed by atoms with Gasteiger partial charge in [0, 0.05) is 31.9 Å².